The summed E-state index contributed by atoms with van der Waals surface area (Å²) in [5.74, 6) is -0.0813. The molecule has 0 aliphatic carbocycles. The first-order valence-electron chi connectivity index (χ1n) is 6.89. The van der Waals surface area contributed by atoms with Crippen molar-refractivity contribution in [3.8, 4) is 11.5 Å². The number of aromatic carboxylic acids is 1. The molecule has 22 heavy (non-hydrogen) atoms. The van der Waals surface area contributed by atoms with Crippen molar-refractivity contribution >= 4 is 21.9 Å². The molecule has 0 saturated heterocycles. The Morgan fingerprint density at radius 3 is 2.64 bits per heavy atom. The third-order valence-electron chi connectivity index (χ3n) is 3.02. The van der Waals surface area contributed by atoms with Crippen LogP contribution in [0, 0.1) is 6.92 Å². The molecular formula is C17H17BrO4. The maximum atomic E-state index is 11.1. The first-order chi connectivity index (χ1) is 10.5. The van der Waals surface area contributed by atoms with Crippen molar-refractivity contribution in [2.45, 2.75) is 20.5 Å². The molecule has 0 heterocycles. The average molecular weight is 365 g/mol. The van der Waals surface area contributed by atoms with Crippen LogP contribution >= 0.6 is 15.9 Å². The van der Waals surface area contributed by atoms with Crippen LogP contribution in [0.3, 0.4) is 0 Å². The number of halogens is 1. The lowest BCUT2D eigenvalue weighted by atomic mass is 10.1. The number of carboxylic acid groups (broad SMARTS) is 1. The van der Waals surface area contributed by atoms with Gasteiger partial charge in [0.05, 0.1) is 16.6 Å². The quantitative estimate of drug-likeness (QED) is 0.823. The molecule has 116 valence electrons. The zero-order valence-electron chi connectivity index (χ0n) is 12.4. The summed E-state index contributed by atoms with van der Waals surface area (Å²) in [6.07, 6.45) is 0. The van der Waals surface area contributed by atoms with E-state index in [0.717, 1.165) is 11.1 Å². The van der Waals surface area contributed by atoms with E-state index < -0.39 is 5.97 Å². The third-order valence-corrected chi connectivity index (χ3v) is 3.61. The van der Waals surface area contributed by atoms with E-state index in [-0.39, 0.29) is 5.56 Å². The lowest BCUT2D eigenvalue weighted by molar-refractivity contribution is 0.0696. The summed E-state index contributed by atoms with van der Waals surface area (Å²) in [7, 11) is 0. The van der Waals surface area contributed by atoms with Crippen LogP contribution in [0.2, 0.25) is 0 Å². The van der Waals surface area contributed by atoms with E-state index >= 15 is 0 Å². The van der Waals surface area contributed by atoms with Crippen molar-refractivity contribution in [3.05, 3.63) is 57.6 Å². The fraction of sp³-hybridized carbons (Fsp3) is 0.235. The lowest BCUT2D eigenvalue weighted by Crippen LogP contribution is -2.04. The Hall–Kier alpha value is -2.01. The highest BCUT2D eigenvalue weighted by Gasteiger charge is 2.15. The van der Waals surface area contributed by atoms with Gasteiger partial charge in [-0.15, -0.1) is 0 Å². The molecule has 0 bridgehead atoms. The molecule has 0 saturated carbocycles. The summed E-state index contributed by atoms with van der Waals surface area (Å²) in [6.45, 7) is 4.67. The van der Waals surface area contributed by atoms with Crippen LogP contribution in [0.5, 0.6) is 11.5 Å². The highest BCUT2D eigenvalue weighted by atomic mass is 79.9. The van der Waals surface area contributed by atoms with Crippen LogP contribution in [-0.2, 0) is 6.61 Å². The van der Waals surface area contributed by atoms with Gasteiger partial charge in [-0.3, -0.25) is 0 Å². The van der Waals surface area contributed by atoms with Gasteiger partial charge in [0.25, 0.3) is 0 Å². The van der Waals surface area contributed by atoms with Gasteiger partial charge in [-0.05, 0) is 47.5 Å². The molecule has 4 nitrogen and oxygen atoms in total. The first kappa shape index (κ1) is 16.4. The molecule has 2 aromatic carbocycles. The maximum Gasteiger partial charge on any atom is 0.335 e. The van der Waals surface area contributed by atoms with Crippen molar-refractivity contribution in [2.75, 3.05) is 6.61 Å². The Morgan fingerprint density at radius 1 is 1.23 bits per heavy atom. The van der Waals surface area contributed by atoms with E-state index in [9.17, 15) is 4.79 Å². The van der Waals surface area contributed by atoms with E-state index in [0.29, 0.717) is 29.2 Å². The Kier molecular flexibility index (Phi) is 5.44. The van der Waals surface area contributed by atoms with Crippen molar-refractivity contribution < 1.29 is 19.4 Å². The number of aryl methyl sites for hydroxylation is 1. The van der Waals surface area contributed by atoms with Crippen LogP contribution in [0.1, 0.15) is 28.4 Å². The zero-order chi connectivity index (χ0) is 16.1. The van der Waals surface area contributed by atoms with Crippen LogP contribution < -0.4 is 9.47 Å². The van der Waals surface area contributed by atoms with Gasteiger partial charge in [-0.25, -0.2) is 4.79 Å². The van der Waals surface area contributed by atoms with Crippen LogP contribution in [0.15, 0.2) is 40.9 Å². The number of carbonyl (C=O) groups is 1. The Morgan fingerprint density at radius 2 is 2.00 bits per heavy atom. The monoisotopic (exact) mass is 364 g/mol. The number of rotatable bonds is 6. The highest BCUT2D eigenvalue weighted by Crippen LogP contribution is 2.37. The van der Waals surface area contributed by atoms with E-state index in [2.05, 4.69) is 15.9 Å². The highest BCUT2D eigenvalue weighted by molar-refractivity contribution is 9.10. The summed E-state index contributed by atoms with van der Waals surface area (Å²) >= 11 is 3.36. The molecule has 0 aliphatic heterocycles. The molecule has 2 rings (SSSR count). The fourth-order valence-electron chi connectivity index (χ4n) is 2.05. The van der Waals surface area contributed by atoms with Gasteiger partial charge in [0.15, 0.2) is 11.5 Å². The van der Waals surface area contributed by atoms with Gasteiger partial charge in [-0.1, -0.05) is 29.8 Å². The van der Waals surface area contributed by atoms with Crippen LogP contribution in [0.25, 0.3) is 0 Å². The second kappa shape index (κ2) is 7.31. The summed E-state index contributed by atoms with van der Waals surface area (Å²) < 4.78 is 11.9. The first-order valence-corrected chi connectivity index (χ1v) is 7.68. The van der Waals surface area contributed by atoms with Gasteiger partial charge >= 0.3 is 5.97 Å². The second-order valence-electron chi connectivity index (χ2n) is 4.80. The SMILES string of the molecule is CCOc1cc(C(=O)O)cc(Br)c1OCc1cccc(C)c1. The molecule has 0 aromatic heterocycles. The normalized spacial score (nSPS) is 10.3. The molecule has 2 aromatic rings. The van der Waals surface area contributed by atoms with E-state index in [4.69, 9.17) is 14.6 Å². The average Bonchev–Trinajstić information content (AvgIpc) is 2.46. The van der Waals surface area contributed by atoms with Gasteiger partial charge in [0.1, 0.15) is 6.61 Å². The molecule has 1 N–H and O–H groups in total. The molecule has 0 atom stereocenters. The number of benzene rings is 2. The summed E-state index contributed by atoms with van der Waals surface area (Å²) in [6, 6.07) is 11.0. The minimum absolute atomic E-state index is 0.151. The van der Waals surface area contributed by atoms with E-state index in [1.807, 2.05) is 38.1 Å². The molecule has 0 amide bonds. The number of ether oxygens (including phenoxy) is 2. The standard InChI is InChI=1S/C17H17BrO4/c1-3-21-15-9-13(17(19)20)8-14(18)16(15)22-10-12-6-4-5-11(2)7-12/h4-9H,3,10H2,1-2H3,(H,19,20). The lowest BCUT2D eigenvalue weighted by Gasteiger charge is -2.14. The van der Waals surface area contributed by atoms with Crippen LogP contribution in [-0.4, -0.2) is 17.7 Å². The Bertz CT molecular complexity index is 682. The van der Waals surface area contributed by atoms with Gasteiger partial charge in [0.2, 0.25) is 0 Å². The molecule has 0 aliphatic rings. The molecule has 0 fully saturated rings. The minimum Gasteiger partial charge on any atom is -0.490 e. The maximum absolute atomic E-state index is 11.1. The number of carboxylic acids is 1. The minimum atomic E-state index is -1.01. The predicted octanol–water partition coefficient (Wildman–Crippen LogP) is 4.43. The third kappa shape index (κ3) is 4.01. The van der Waals surface area contributed by atoms with Crippen molar-refractivity contribution in [3.63, 3.8) is 0 Å². The molecular weight excluding hydrogens is 348 g/mol. The van der Waals surface area contributed by atoms with Crippen molar-refractivity contribution in [1.29, 1.82) is 0 Å². The summed E-state index contributed by atoms with van der Waals surface area (Å²) in [5.41, 5.74) is 2.35. The van der Waals surface area contributed by atoms with E-state index in [1.165, 1.54) is 12.1 Å². The summed E-state index contributed by atoms with van der Waals surface area (Å²) in [4.78, 5) is 11.1. The molecule has 0 unspecified atom stereocenters. The van der Waals surface area contributed by atoms with Gasteiger partial charge < -0.3 is 14.6 Å². The van der Waals surface area contributed by atoms with Gasteiger partial charge in [-0.2, -0.15) is 0 Å². The molecule has 5 heteroatoms. The Balaban J connectivity index is 2.27. The molecule has 0 radical (unpaired) electrons. The Labute approximate surface area is 137 Å². The van der Waals surface area contributed by atoms with Crippen LogP contribution in [0.4, 0.5) is 0 Å². The predicted molar refractivity (Wildman–Crippen MR) is 87.8 cm³/mol. The fourth-order valence-corrected chi connectivity index (χ4v) is 2.61. The smallest absolute Gasteiger partial charge is 0.335 e. The van der Waals surface area contributed by atoms with Crippen molar-refractivity contribution in [2.24, 2.45) is 0 Å². The number of hydrogen-bond donors (Lipinski definition) is 1. The summed E-state index contributed by atoms with van der Waals surface area (Å²) in [5, 5.41) is 9.11. The second-order valence-corrected chi connectivity index (χ2v) is 5.66. The van der Waals surface area contributed by atoms with E-state index in [1.54, 1.807) is 0 Å². The topological polar surface area (TPSA) is 55.8 Å². The zero-order valence-corrected chi connectivity index (χ0v) is 14.0. The molecule has 0 spiro atoms. The van der Waals surface area contributed by atoms with Crippen molar-refractivity contribution in [1.82, 2.24) is 0 Å². The number of hydrogen-bond acceptors (Lipinski definition) is 3. The largest absolute Gasteiger partial charge is 0.490 e. The van der Waals surface area contributed by atoms with Gasteiger partial charge in [0, 0.05) is 0 Å².